The Balaban J connectivity index is 1.66. The van der Waals surface area contributed by atoms with E-state index in [1.807, 2.05) is 10.6 Å². The van der Waals surface area contributed by atoms with Crippen LogP contribution in [0, 0.1) is 12.3 Å². The molecular formula is C27H25N3O3S2. The van der Waals surface area contributed by atoms with E-state index in [4.69, 9.17) is 6.42 Å². The SMILES string of the molecule is C#CCn1c(=NC(=O)c2cccc(NS(=O)(=O)c3ccccc3)c2)sc2cc(CCCC)ccc21. The van der Waals surface area contributed by atoms with Crippen LogP contribution in [0.5, 0.6) is 0 Å². The number of carbonyl (C=O) groups excluding carboxylic acids is 1. The van der Waals surface area contributed by atoms with E-state index < -0.39 is 15.9 Å². The van der Waals surface area contributed by atoms with Gasteiger partial charge in [-0.3, -0.25) is 9.52 Å². The van der Waals surface area contributed by atoms with Gasteiger partial charge in [0.25, 0.3) is 15.9 Å². The number of thiazole rings is 1. The molecule has 0 saturated carbocycles. The van der Waals surface area contributed by atoms with Gasteiger partial charge in [-0.25, -0.2) is 8.42 Å². The Morgan fingerprint density at radius 2 is 1.89 bits per heavy atom. The summed E-state index contributed by atoms with van der Waals surface area (Å²) in [6.07, 6.45) is 8.82. The number of nitrogens with one attached hydrogen (secondary N) is 1. The molecule has 0 saturated heterocycles. The number of benzene rings is 3. The van der Waals surface area contributed by atoms with Gasteiger partial charge in [0.05, 0.1) is 21.7 Å². The van der Waals surface area contributed by atoms with Crippen LogP contribution in [0.25, 0.3) is 10.2 Å². The summed E-state index contributed by atoms with van der Waals surface area (Å²) in [5.74, 6) is 2.16. The van der Waals surface area contributed by atoms with Crippen LogP contribution in [0.1, 0.15) is 35.7 Å². The van der Waals surface area contributed by atoms with Gasteiger partial charge in [-0.05, 0) is 60.9 Å². The molecule has 0 fully saturated rings. The maximum absolute atomic E-state index is 13.0. The second-order valence-electron chi connectivity index (χ2n) is 8.00. The summed E-state index contributed by atoms with van der Waals surface area (Å²) in [5, 5.41) is 0. The van der Waals surface area contributed by atoms with Crippen molar-refractivity contribution in [1.82, 2.24) is 4.57 Å². The molecule has 8 heteroatoms. The Labute approximate surface area is 209 Å². The normalized spacial score (nSPS) is 11.9. The van der Waals surface area contributed by atoms with Crippen molar-refractivity contribution in [1.29, 1.82) is 0 Å². The van der Waals surface area contributed by atoms with Gasteiger partial charge in [-0.2, -0.15) is 4.99 Å². The molecule has 4 rings (SSSR count). The highest BCUT2D eigenvalue weighted by atomic mass is 32.2. The fourth-order valence-electron chi connectivity index (χ4n) is 3.66. The number of carbonyl (C=O) groups is 1. The summed E-state index contributed by atoms with van der Waals surface area (Å²) in [7, 11) is -3.77. The van der Waals surface area contributed by atoms with Crippen molar-refractivity contribution in [3.63, 3.8) is 0 Å². The Morgan fingerprint density at radius 3 is 2.63 bits per heavy atom. The number of anilines is 1. The Kier molecular flexibility index (Phi) is 7.49. The summed E-state index contributed by atoms with van der Waals surface area (Å²) >= 11 is 1.41. The third-order valence-electron chi connectivity index (χ3n) is 5.43. The van der Waals surface area contributed by atoms with Crippen LogP contribution in [0.15, 0.2) is 82.7 Å². The van der Waals surface area contributed by atoms with Gasteiger partial charge in [-0.1, -0.05) is 60.9 Å². The molecule has 0 unspecified atom stereocenters. The number of rotatable bonds is 8. The maximum atomic E-state index is 13.0. The summed E-state index contributed by atoms with van der Waals surface area (Å²) < 4.78 is 30.7. The summed E-state index contributed by atoms with van der Waals surface area (Å²) in [5.41, 5.74) is 2.73. The largest absolute Gasteiger partial charge is 0.305 e. The highest BCUT2D eigenvalue weighted by Crippen LogP contribution is 2.21. The maximum Gasteiger partial charge on any atom is 0.279 e. The zero-order valence-electron chi connectivity index (χ0n) is 19.3. The van der Waals surface area contributed by atoms with Gasteiger partial charge in [0, 0.05) is 11.3 Å². The molecule has 1 heterocycles. The van der Waals surface area contributed by atoms with Crippen LogP contribution < -0.4 is 9.52 Å². The molecule has 3 aromatic carbocycles. The molecule has 0 spiro atoms. The molecule has 4 aromatic rings. The van der Waals surface area contributed by atoms with Crippen LogP contribution >= 0.6 is 11.3 Å². The molecule has 1 N–H and O–H groups in total. The van der Waals surface area contributed by atoms with Gasteiger partial charge in [-0.15, -0.1) is 6.42 Å². The van der Waals surface area contributed by atoms with Crippen LogP contribution in [0.4, 0.5) is 5.69 Å². The number of aryl methyl sites for hydroxylation is 1. The minimum absolute atomic E-state index is 0.139. The molecule has 35 heavy (non-hydrogen) atoms. The van der Waals surface area contributed by atoms with Gasteiger partial charge in [0.1, 0.15) is 0 Å². The zero-order chi connectivity index (χ0) is 24.8. The minimum atomic E-state index is -3.77. The Bertz CT molecular complexity index is 1580. The molecule has 0 bridgehead atoms. The topological polar surface area (TPSA) is 80.5 Å². The third-order valence-corrected chi connectivity index (χ3v) is 7.87. The monoisotopic (exact) mass is 503 g/mol. The smallest absolute Gasteiger partial charge is 0.279 e. The van der Waals surface area contributed by atoms with Crippen molar-refractivity contribution < 1.29 is 13.2 Å². The Hall–Kier alpha value is -3.67. The van der Waals surface area contributed by atoms with Crippen molar-refractivity contribution in [2.24, 2.45) is 4.99 Å². The first-order valence-electron chi connectivity index (χ1n) is 11.2. The lowest BCUT2D eigenvalue weighted by molar-refractivity contribution is 0.0998. The van der Waals surface area contributed by atoms with Crippen LogP contribution in [-0.4, -0.2) is 18.9 Å². The average Bonchev–Trinajstić information content (AvgIpc) is 3.19. The molecule has 0 aliphatic heterocycles. The zero-order valence-corrected chi connectivity index (χ0v) is 20.9. The lowest BCUT2D eigenvalue weighted by Crippen LogP contribution is -2.17. The molecule has 1 aromatic heterocycles. The number of unbranched alkanes of at least 4 members (excludes halogenated alkanes) is 1. The predicted octanol–water partition coefficient (Wildman–Crippen LogP) is 5.22. The standard InChI is InChI=1S/C27H25N3O3S2/c1-3-5-10-20-15-16-24-25(18-20)34-27(30(24)17-4-2)28-26(31)21-11-9-12-22(19-21)29-35(32,33)23-13-7-6-8-14-23/h2,6-9,11-16,18-19,29H,3,5,10,17H2,1H3. The first kappa shape index (κ1) is 24.5. The predicted molar refractivity (Wildman–Crippen MR) is 141 cm³/mol. The van der Waals surface area contributed by atoms with Gasteiger partial charge in [0.15, 0.2) is 4.80 Å². The number of hydrogen-bond donors (Lipinski definition) is 1. The van der Waals surface area contributed by atoms with E-state index in [-0.39, 0.29) is 22.7 Å². The number of aromatic nitrogens is 1. The van der Waals surface area contributed by atoms with Crippen molar-refractivity contribution in [3.8, 4) is 12.3 Å². The summed E-state index contributed by atoms with van der Waals surface area (Å²) in [4.78, 5) is 18.0. The molecule has 0 atom stereocenters. The first-order valence-corrected chi connectivity index (χ1v) is 13.5. The van der Waals surface area contributed by atoms with Crippen LogP contribution in [-0.2, 0) is 23.0 Å². The molecule has 6 nitrogen and oxygen atoms in total. The van der Waals surface area contributed by atoms with Gasteiger partial charge in [0.2, 0.25) is 0 Å². The number of hydrogen-bond acceptors (Lipinski definition) is 4. The van der Waals surface area contributed by atoms with Crippen molar-refractivity contribution in [2.45, 2.75) is 37.6 Å². The van der Waals surface area contributed by atoms with E-state index in [0.29, 0.717) is 4.80 Å². The van der Waals surface area contributed by atoms with E-state index in [1.165, 1.54) is 35.1 Å². The van der Waals surface area contributed by atoms with E-state index in [9.17, 15) is 13.2 Å². The molecule has 0 aliphatic carbocycles. The number of terminal acetylenes is 1. The average molecular weight is 504 g/mol. The van der Waals surface area contributed by atoms with Crippen molar-refractivity contribution >= 4 is 43.2 Å². The second-order valence-corrected chi connectivity index (χ2v) is 10.7. The van der Waals surface area contributed by atoms with E-state index in [1.54, 1.807) is 36.4 Å². The lowest BCUT2D eigenvalue weighted by Gasteiger charge is -2.08. The molecule has 0 radical (unpaired) electrons. The minimum Gasteiger partial charge on any atom is -0.305 e. The van der Waals surface area contributed by atoms with Gasteiger partial charge >= 0.3 is 0 Å². The van der Waals surface area contributed by atoms with Gasteiger partial charge < -0.3 is 4.57 Å². The Morgan fingerprint density at radius 1 is 1.09 bits per heavy atom. The highest BCUT2D eigenvalue weighted by molar-refractivity contribution is 7.92. The van der Waals surface area contributed by atoms with E-state index >= 15 is 0 Å². The number of nitrogens with zero attached hydrogens (tertiary/aromatic N) is 2. The summed E-state index contributed by atoms with van der Waals surface area (Å²) in [6, 6.07) is 20.6. The van der Waals surface area contributed by atoms with Crippen molar-refractivity contribution in [2.75, 3.05) is 4.72 Å². The number of sulfonamides is 1. The summed E-state index contributed by atoms with van der Waals surface area (Å²) in [6.45, 7) is 2.45. The lowest BCUT2D eigenvalue weighted by atomic mass is 10.1. The third kappa shape index (κ3) is 5.70. The highest BCUT2D eigenvalue weighted by Gasteiger charge is 2.15. The first-order chi connectivity index (χ1) is 16.9. The van der Waals surface area contributed by atoms with Crippen molar-refractivity contribution in [3.05, 3.63) is 88.7 Å². The number of fused-ring (bicyclic) bond motifs is 1. The quantitative estimate of drug-likeness (QED) is 0.335. The molecule has 0 aliphatic rings. The fourth-order valence-corrected chi connectivity index (χ4v) is 5.83. The fraction of sp³-hybridized carbons (Fsp3) is 0.185. The van der Waals surface area contributed by atoms with E-state index in [2.05, 4.69) is 34.7 Å². The molecular weight excluding hydrogens is 478 g/mol. The van der Waals surface area contributed by atoms with Crippen LogP contribution in [0.2, 0.25) is 0 Å². The molecule has 178 valence electrons. The van der Waals surface area contributed by atoms with Crippen LogP contribution in [0.3, 0.4) is 0 Å². The number of amides is 1. The molecule has 1 amide bonds. The second kappa shape index (κ2) is 10.7. The van der Waals surface area contributed by atoms with E-state index in [0.717, 1.165) is 29.5 Å².